The number of likely N-dealkylation sites (tertiary alicyclic amines) is 1. The van der Waals surface area contributed by atoms with E-state index in [1.807, 2.05) is 7.11 Å². The van der Waals surface area contributed by atoms with Gasteiger partial charge in [0, 0.05) is 26.2 Å². The summed E-state index contributed by atoms with van der Waals surface area (Å²) in [6.45, 7) is 10.1. The van der Waals surface area contributed by atoms with Crippen LogP contribution in [0.15, 0.2) is 0 Å². The lowest BCUT2D eigenvalue weighted by Crippen LogP contribution is -2.47. The van der Waals surface area contributed by atoms with Crippen molar-refractivity contribution in [1.29, 1.82) is 0 Å². The summed E-state index contributed by atoms with van der Waals surface area (Å²) in [5, 5.41) is 3.50. The van der Waals surface area contributed by atoms with Gasteiger partial charge in [0.15, 0.2) is 0 Å². The van der Waals surface area contributed by atoms with Crippen molar-refractivity contribution >= 4 is 0 Å². The molecular weight excluding hydrogens is 212 g/mol. The third-order valence-electron chi connectivity index (χ3n) is 3.72. The maximum atomic E-state index is 5.31. The van der Waals surface area contributed by atoms with Crippen molar-refractivity contribution in [3.05, 3.63) is 0 Å². The van der Waals surface area contributed by atoms with E-state index in [-0.39, 0.29) is 0 Å². The van der Waals surface area contributed by atoms with E-state index in [4.69, 9.17) is 4.74 Å². The standard InChI is InChI=1S/C14H30N2O/c1-4-7-14(10-15-5-2)16-9-6-8-13(11-16)12-17-3/h13-15H,4-12H2,1-3H3. The van der Waals surface area contributed by atoms with Crippen LogP contribution in [0, 0.1) is 5.92 Å². The summed E-state index contributed by atoms with van der Waals surface area (Å²) in [7, 11) is 1.82. The van der Waals surface area contributed by atoms with Gasteiger partial charge in [-0.3, -0.25) is 4.90 Å². The Morgan fingerprint density at radius 1 is 1.41 bits per heavy atom. The van der Waals surface area contributed by atoms with E-state index in [2.05, 4.69) is 24.1 Å². The fourth-order valence-corrected chi connectivity index (χ4v) is 2.86. The zero-order valence-corrected chi connectivity index (χ0v) is 11.9. The van der Waals surface area contributed by atoms with E-state index in [9.17, 15) is 0 Å². The van der Waals surface area contributed by atoms with Crippen molar-refractivity contribution < 1.29 is 4.74 Å². The topological polar surface area (TPSA) is 24.5 Å². The summed E-state index contributed by atoms with van der Waals surface area (Å²) in [5.41, 5.74) is 0. The quantitative estimate of drug-likeness (QED) is 0.705. The molecule has 3 nitrogen and oxygen atoms in total. The van der Waals surface area contributed by atoms with Crippen LogP contribution in [0.3, 0.4) is 0 Å². The van der Waals surface area contributed by atoms with Crippen molar-refractivity contribution in [3.8, 4) is 0 Å². The number of hydrogen-bond acceptors (Lipinski definition) is 3. The molecule has 0 bridgehead atoms. The van der Waals surface area contributed by atoms with Crippen LogP contribution < -0.4 is 5.32 Å². The molecule has 0 aliphatic carbocycles. The lowest BCUT2D eigenvalue weighted by Gasteiger charge is -2.38. The molecule has 1 aliphatic heterocycles. The van der Waals surface area contributed by atoms with Gasteiger partial charge in [-0.1, -0.05) is 20.3 Å². The SMILES string of the molecule is CCCC(CNCC)N1CCCC(COC)C1. The molecule has 1 heterocycles. The Hall–Kier alpha value is -0.120. The van der Waals surface area contributed by atoms with Crippen LogP contribution in [0.2, 0.25) is 0 Å². The molecule has 1 rings (SSSR count). The molecule has 0 aromatic rings. The summed E-state index contributed by atoms with van der Waals surface area (Å²) >= 11 is 0. The molecule has 0 aromatic heterocycles. The maximum Gasteiger partial charge on any atom is 0.0502 e. The predicted octanol–water partition coefficient (Wildman–Crippen LogP) is 2.12. The number of ether oxygens (including phenoxy) is 1. The van der Waals surface area contributed by atoms with Crippen molar-refractivity contribution in [2.24, 2.45) is 5.92 Å². The molecule has 3 heteroatoms. The molecule has 0 saturated carbocycles. The first-order chi connectivity index (χ1) is 8.31. The van der Waals surface area contributed by atoms with Crippen molar-refractivity contribution in [2.75, 3.05) is 39.9 Å². The second-order valence-electron chi connectivity index (χ2n) is 5.21. The first kappa shape index (κ1) is 14.9. The van der Waals surface area contributed by atoms with E-state index in [0.717, 1.165) is 31.7 Å². The minimum absolute atomic E-state index is 0.722. The van der Waals surface area contributed by atoms with E-state index >= 15 is 0 Å². The van der Waals surface area contributed by atoms with Gasteiger partial charge >= 0.3 is 0 Å². The lowest BCUT2D eigenvalue weighted by molar-refractivity contribution is 0.0652. The van der Waals surface area contributed by atoms with Crippen LogP contribution in [0.25, 0.3) is 0 Å². The van der Waals surface area contributed by atoms with Crippen LogP contribution >= 0.6 is 0 Å². The van der Waals surface area contributed by atoms with Crippen LogP contribution in [0.1, 0.15) is 39.5 Å². The highest BCUT2D eigenvalue weighted by atomic mass is 16.5. The number of methoxy groups -OCH3 is 1. The Morgan fingerprint density at radius 2 is 2.24 bits per heavy atom. The number of nitrogens with zero attached hydrogens (tertiary/aromatic N) is 1. The fraction of sp³-hybridized carbons (Fsp3) is 1.00. The average Bonchev–Trinajstić information content (AvgIpc) is 2.35. The van der Waals surface area contributed by atoms with E-state index in [1.165, 1.54) is 38.8 Å². The summed E-state index contributed by atoms with van der Waals surface area (Å²) in [5.74, 6) is 0.745. The number of piperidine rings is 1. The molecular formula is C14H30N2O. The fourth-order valence-electron chi connectivity index (χ4n) is 2.86. The second kappa shape index (κ2) is 8.90. The highest BCUT2D eigenvalue weighted by Crippen LogP contribution is 2.20. The third kappa shape index (κ3) is 5.36. The van der Waals surface area contributed by atoms with Crippen LogP contribution in [0.4, 0.5) is 0 Å². The van der Waals surface area contributed by atoms with E-state index < -0.39 is 0 Å². The molecule has 1 saturated heterocycles. The summed E-state index contributed by atoms with van der Waals surface area (Å²) in [6.07, 6.45) is 5.26. The van der Waals surface area contributed by atoms with Gasteiger partial charge < -0.3 is 10.1 Å². The lowest BCUT2D eigenvalue weighted by atomic mass is 9.96. The van der Waals surface area contributed by atoms with Crippen LogP contribution in [-0.2, 0) is 4.74 Å². The monoisotopic (exact) mass is 242 g/mol. The number of rotatable bonds is 8. The van der Waals surface area contributed by atoms with Gasteiger partial charge in [-0.05, 0) is 38.3 Å². The number of hydrogen-bond donors (Lipinski definition) is 1. The van der Waals surface area contributed by atoms with E-state index in [1.54, 1.807) is 0 Å². The highest BCUT2D eigenvalue weighted by Gasteiger charge is 2.24. The highest BCUT2D eigenvalue weighted by molar-refractivity contribution is 4.80. The molecule has 2 atom stereocenters. The third-order valence-corrected chi connectivity index (χ3v) is 3.72. The van der Waals surface area contributed by atoms with Crippen molar-refractivity contribution in [3.63, 3.8) is 0 Å². The Balaban J connectivity index is 2.41. The normalized spacial score (nSPS) is 23.8. The zero-order chi connectivity index (χ0) is 12.5. The Morgan fingerprint density at radius 3 is 2.88 bits per heavy atom. The van der Waals surface area contributed by atoms with Gasteiger partial charge in [-0.15, -0.1) is 0 Å². The molecule has 0 spiro atoms. The molecule has 102 valence electrons. The number of nitrogens with one attached hydrogen (secondary N) is 1. The first-order valence-electron chi connectivity index (χ1n) is 7.25. The zero-order valence-electron chi connectivity index (χ0n) is 11.9. The molecule has 1 fully saturated rings. The Kier molecular flexibility index (Phi) is 7.82. The summed E-state index contributed by atoms with van der Waals surface area (Å²) in [4.78, 5) is 2.68. The predicted molar refractivity (Wildman–Crippen MR) is 73.4 cm³/mol. The minimum atomic E-state index is 0.722. The molecule has 0 radical (unpaired) electrons. The van der Waals surface area contributed by atoms with Gasteiger partial charge in [0.2, 0.25) is 0 Å². The maximum absolute atomic E-state index is 5.31. The smallest absolute Gasteiger partial charge is 0.0502 e. The molecule has 1 N–H and O–H groups in total. The summed E-state index contributed by atoms with van der Waals surface area (Å²) in [6, 6.07) is 0.722. The largest absolute Gasteiger partial charge is 0.384 e. The second-order valence-corrected chi connectivity index (χ2v) is 5.21. The molecule has 0 aromatic carbocycles. The van der Waals surface area contributed by atoms with Crippen LogP contribution in [0.5, 0.6) is 0 Å². The molecule has 2 unspecified atom stereocenters. The van der Waals surface area contributed by atoms with Gasteiger partial charge in [0.1, 0.15) is 0 Å². The van der Waals surface area contributed by atoms with Crippen molar-refractivity contribution in [1.82, 2.24) is 10.2 Å². The summed E-state index contributed by atoms with van der Waals surface area (Å²) < 4.78 is 5.31. The minimum Gasteiger partial charge on any atom is -0.384 e. The van der Waals surface area contributed by atoms with Gasteiger partial charge in [0.25, 0.3) is 0 Å². The van der Waals surface area contributed by atoms with Crippen LogP contribution in [-0.4, -0.2) is 50.8 Å². The van der Waals surface area contributed by atoms with E-state index in [0.29, 0.717) is 0 Å². The average molecular weight is 242 g/mol. The first-order valence-corrected chi connectivity index (χ1v) is 7.25. The van der Waals surface area contributed by atoms with Gasteiger partial charge in [-0.25, -0.2) is 0 Å². The molecule has 1 aliphatic rings. The van der Waals surface area contributed by atoms with Gasteiger partial charge in [0.05, 0.1) is 6.61 Å². The Bertz CT molecular complexity index is 185. The molecule has 0 amide bonds. The Labute approximate surface area is 107 Å². The van der Waals surface area contributed by atoms with Crippen molar-refractivity contribution in [2.45, 2.75) is 45.6 Å². The van der Waals surface area contributed by atoms with Gasteiger partial charge in [-0.2, -0.15) is 0 Å². The molecule has 17 heavy (non-hydrogen) atoms. The number of likely N-dealkylation sites (N-methyl/N-ethyl adjacent to an activating group) is 1.